The van der Waals surface area contributed by atoms with E-state index in [0.29, 0.717) is 25.7 Å². The van der Waals surface area contributed by atoms with Crippen molar-refractivity contribution in [1.82, 2.24) is 0 Å². The second-order valence-electron chi connectivity index (χ2n) is 27.3. The second-order valence-corrected chi connectivity index (χ2v) is 30.2. The van der Waals surface area contributed by atoms with Crippen molar-refractivity contribution in [3.05, 3.63) is 0 Å². The van der Waals surface area contributed by atoms with Gasteiger partial charge in [-0.25, -0.2) is 9.13 Å². The molecule has 0 heterocycles. The van der Waals surface area contributed by atoms with Gasteiger partial charge < -0.3 is 33.8 Å². The molecule has 0 rings (SSSR count). The first-order valence-corrected chi connectivity index (χ1v) is 41.0. The summed E-state index contributed by atoms with van der Waals surface area (Å²) < 4.78 is 68.4. The van der Waals surface area contributed by atoms with Gasteiger partial charge in [0, 0.05) is 25.7 Å². The van der Waals surface area contributed by atoms with E-state index < -0.39 is 97.5 Å². The van der Waals surface area contributed by atoms with E-state index in [-0.39, 0.29) is 25.7 Å². The lowest BCUT2D eigenvalue weighted by molar-refractivity contribution is -0.161. The molecule has 0 aromatic carbocycles. The summed E-state index contributed by atoms with van der Waals surface area (Å²) in [5.41, 5.74) is 0. The van der Waals surface area contributed by atoms with E-state index in [0.717, 1.165) is 102 Å². The Labute approximate surface area is 562 Å². The fraction of sp³-hybridized carbons (Fsp3) is 0.945. The molecule has 0 amide bonds. The Balaban J connectivity index is 5.23. The molecule has 0 bridgehead atoms. The second kappa shape index (κ2) is 65.0. The summed E-state index contributed by atoms with van der Waals surface area (Å²) in [5.74, 6) is -0.621. The van der Waals surface area contributed by atoms with Crippen LogP contribution in [-0.4, -0.2) is 96.7 Å². The molecule has 2 unspecified atom stereocenters. The van der Waals surface area contributed by atoms with Crippen molar-refractivity contribution < 1.29 is 80.2 Å². The molecule has 92 heavy (non-hydrogen) atoms. The maximum Gasteiger partial charge on any atom is 0.472 e. The van der Waals surface area contributed by atoms with Gasteiger partial charge in [-0.3, -0.25) is 37.3 Å². The van der Waals surface area contributed by atoms with Gasteiger partial charge in [-0.1, -0.05) is 324 Å². The average molecular weight is 1350 g/mol. The van der Waals surface area contributed by atoms with Crippen LogP contribution in [0, 0.1) is 11.8 Å². The van der Waals surface area contributed by atoms with E-state index in [9.17, 15) is 43.2 Å². The Morgan fingerprint density at radius 2 is 0.500 bits per heavy atom. The number of aliphatic hydroxyl groups is 1. The van der Waals surface area contributed by atoms with Gasteiger partial charge in [0.1, 0.15) is 19.3 Å². The smallest absolute Gasteiger partial charge is 0.462 e. The van der Waals surface area contributed by atoms with E-state index >= 15 is 0 Å². The highest BCUT2D eigenvalue weighted by molar-refractivity contribution is 7.47. The van der Waals surface area contributed by atoms with Crippen LogP contribution in [0.3, 0.4) is 0 Å². The molecule has 0 aliphatic heterocycles. The number of aliphatic hydroxyl groups excluding tert-OH is 1. The maximum atomic E-state index is 13.1. The standard InChI is InChI=1S/C73H142O17P2/c1-7-9-11-13-15-17-18-19-20-21-22-23-28-32-39-45-51-57-72(77)89-68(62-84-71(76)56-50-44-38-31-27-25-24-26-30-35-41-47-53-65(3)4)63-87-91(79,80)85-59-67(74)60-86-92(81,82)88-64-69(61-83-70(75)55-49-43-37-29-16-14-12-10-8-2)90-73(78)58-52-46-40-34-33-36-42-48-54-66(5)6/h65-69,74H,7-64H2,1-6H3,(H,79,80)(H,81,82)/t67-,68-,69-/m1/s1. The van der Waals surface area contributed by atoms with Crippen LogP contribution in [0.4, 0.5) is 0 Å². The highest BCUT2D eigenvalue weighted by atomic mass is 31.2. The number of esters is 4. The van der Waals surface area contributed by atoms with Gasteiger partial charge in [-0.15, -0.1) is 0 Å². The summed E-state index contributed by atoms with van der Waals surface area (Å²) >= 11 is 0. The van der Waals surface area contributed by atoms with Crippen molar-refractivity contribution in [2.45, 2.75) is 394 Å². The van der Waals surface area contributed by atoms with Crippen molar-refractivity contribution in [3.63, 3.8) is 0 Å². The van der Waals surface area contributed by atoms with E-state index in [1.807, 2.05) is 0 Å². The summed E-state index contributed by atoms with van der Waals surface area (Å²) in [4.78, 5) is 72.6. The lowest BCUT2D eigenvalue weighted by Gasteiger charge is -2.21. The molecule has 0 aromatic heterocycles. The van der Waals surface area contributed by atoms with Crippen LogP contribution in [0.15, 0.2) is 0 Å². The molecule has 0 spiro atoms. The Hall–Kier alpha value is -1.94. The third-order valence-electron chi connectivity index (χ3n) is 17.0. The molecule has 0 aliphatic rings. The Morgan fingerprint density at radius 3 is 0.739 bits per heavy atom. The first-order chi connectivity index (χ1) is 44.4. The number of hydrogen-bond acceptors (Lipinski definition) is 15. The number of carbonyl (C=O) groups excluding carboxylic acids is 4. The third kappa shape index (κ3) is 66.7. The largest absolute Gasteiger partial charge is 0.472 e. The van der Waals surface area contributed by atoms with Crippen LogP contribution >= 0.6 is 15.6 Å². The van der Waals surface area contributed by atoms with Crippen molar-refractivity contribution in [3.8, 4) is 0 Å². The van der Waals surface area contributed by atoms with Crippen molar-refractivity contribution in [1.29, 1.82) is 0 Å². The molecule has 0 aliphatic carbocycles. The number of phosphoric acid groups is 2. The minimum absolute atomic E-state index is 0.105. The van der Waals surface area contributed by atoms with Gasteiger partial charge >= 0.3 is 39.5 Å². The van der Waals surface area contributed by atoms with Gasteiger partial charge in [0.05, 0.1) is 26.4 Å². The number of phosphoric ester groups is 2. The van der Waals surface area contributed by atoms with Gasteiger partial charge in [0.25, 0.3) is 0 Å². The zero-order valence-corrected chi connectivity index (χ0v) is 61.6. The molecular formula is C73H142O17P2. The maximum absolute atomic E-state index is 13.1. The summed E-state index contributed by atoms with van der Waals surface area (Å²) in [5, 5.41) is 10.6. The van der Waals surface area contributed by atoms with Gasteiger partial charge in [0.2, 0.25) is 0 Å². The predicted molar refractivity (Wildman–Crippen MR) is 372 cm³/mol. The van der Waals surface area contributed by atoms with E-state index in [1.165, 1.54) is 193 Å². The van der Waals surface area contributed by atoms with Crippen LogP contribution in [-0.2, 0) is 65.4 Å². The highest BCUT2D eigenvalue weighted by Gasteiger charge is 2.30. The number of carbonyl (C=O) groups is 4. The normalized spacial score (nSPS) is 14.1. The van der Waals surface area contributed by atoms with Crippen LogP contribution in [0.5, 0.6) is 0 Å². The quantitative estimate of drug-likeness (QED) is 0.0222. The zero-order chi connectivity index (χ0) is 67.9. The summed E-state index contributed by atoms with van der Waals surface area (Å²) in [6, 6.07) is 0. The topological polar surface area (TPSA) is 237 Å². The number of hydrogen-bond donors (Lipinski definition) is 3. The molecule has 0 saturated carbocycles. The van der Waals surface area contributed by atoms with Crippen LogP contribution in [0.2, 0.25) is 0 Å². The summed E-state index contributed by atoms with van der Waals surface area (Å²) in [7, 11) is -9.90. The monoisotopic (exact) mass is 1350 g/mol. The molecule has 19 heteroatoms. The van der Waals surface area contributed by atoms with Crippen molar-refractivity contribution >= 4 is 39.5 Å². The molecule has 0 radical (unpaired) electrons. The third-order valence-corrected chi connectivity index (χ3v) is 18.9. The van der Waals surface area contributed by atoms with Crippen LogP contribution in [0.25, 0.3) is 0 Å². The fourth-order valence-corrected chi connectivity index (χ4v) is 12.7. The van der Waals surface area contributed by atoms with Gasteiger partial charge in [-0.05, 0) is 37.5 Å². The molecular weight excluding hydrogens is 1210 g/mol. The zero-order valence-electron chi connectivity index (χ0n) is 59.9. The van der Waals surface area contributed by atoms with E-state index in [2.05, 4.69) is 41.5 Å². The summed E-state index contributed by atoms with van der Waals surface area (Å²) in [6.45, 7) is 9.53. The lowest BCUT2D eigenvalue weighted by Crippen LogP contribution is -2.30. The van der Waals surface area contributed by atoms with Crippen LogP contribution in [0.1, 0.15) is 375 Å². The molecule has 3 N–H and O–H groups in total. The number of rotatable bonds is 72. The Bertz CT molecular complexity index is 1790. The van der Waals surface area contributed by atoms with Gasteiger partial charge in [-0.2, -0.15) is 0 Å². The lowest BCUT2D eigenvalue weighted by atomic mass is 10.0. The molecule has 17 nitrogen and oxygen atoms in total. The Kier molecular flexibility index (Phi) is 63.7. The van der Waals surface area contributed by atoms with Crippen molar-refractivity contribution in [2.75, 3.05) is 39.6 Å². The van der Waals surface area contributed by atoms with E-state index in [4.69, 9.17) is 37.0 Å². The minimum Gasteiger partial charge on any atom is -0.462 e. The first kappa shape index (κ1) is 90.1. The number of unbranched alkanes of at least 4 members (excludes halogenated alkanes) is 42. The SMILES string of the molecule is CCCCCCCCCCCCCCCCCCCC(=O)O[C@H](COC(=O)CCCCCCCCCCCCCCC(C)C)COP(=O)(O)OC[C@@H](O)COP(=O)(O)OC[C@@H](COC(=O)CCCCCCCCCCC)OC(=O)CCCCCCCCCCC(C)C. The molecule has 0 fully saturated rings. The average Bonchev–Trinajstić information content (AvgIpc) is 3.24. The van der Waals surface area contributed by atoms with Crippen molar-refractivity contribution in [2.24, 2.45) is 11.8 Å². The van der Waals surface area contributed by atoms with Crippen LogP contribution < -0.4 is 0 Å². The molecule has 0 aromatic rings. The fourth-order valence-electron chi connectivity index (χ4n) is 11.1. The molecule has 546 valence electrons. The van der Waals surface area contributed by atoms with Gasteiger partial charge in [0.15, 0.2) is 12.2 Å². The number of ether oxygens (including phenoxy) is 4. The Morgan fingerprint density at radius 1 is 0.293 bits per heavy atom. The predicted octanol–water partition coefficient (Wildman–Crippen LogP) is 21.2. The van der Waals surface area contributed by atoms with E-state index in [1.54, 1.807) is 0 Å². The minimum atomic E-state index is -4.95. The highest BCUT2D eigenvalue weighted by Crippen LogP contribution is 2.45. The first-order valence-electron chi connectivity index (χ1n) is 38.0. The molecule has 5 atom stereocenters. The molecule has 0 saturated heterocycles. The summed E-state index contributed by atoms with van der Waals surface area (Å²) in [6.07, 6.45) is 51.4.